The Morgan fingerprint density at radius 1 is 1.28 bits per heavy atom. The van der Waals surface area contributed by atoms with Gasteiger partial charge in [-0.25, -0.2) is 4.98 Å². The van der Waals surface area contributed by atoms with E-state index < -0.39 is 0 Å². The number of nitrogens with zero attached hydrogens (tertiary/aromatic N) is 3. The van der Waals surface area contributed by atoms with Gasteiger partial charge in [0.1, 0.15) is 5.82 Å². The van der Waals surface area contributed by atoms with E-state index in [1.54, 1.807) is 0 Å². The van der Waals surface area contributed by atoms with E-state index in [0.29, 0.717) is 5.92 Å². The Labute approximate surface area is 151 Å². The Morgan fingerprint density at radius 3 is 2.68 bits per heavy atom. The Kier molecular flexibility index (Phi) is 7.47. The van der Waals surface area contributed by atoms with Crippen molar-refractivity contribution in [2.45, 2.75) is 47.1 Å². The highest BCUT2D eigenvalue weighted by Crippen LogP contribution is 2.21. The highest BCUT2D eigenvalue weighted by molar-refractivity contribution is 5.77. The maximum Gasteiger partial charge on any atom is 0.110 e. The van der Waals surface area contributed by atoms with Crippen LogP contribution in [-0.2, 0) is 19.4 Å². The molecule has 0 bridgehead atoms. The lowest BCUT2D eigenvalue weighted by molar-refractivity contribution is 0.214. The molecule has 5 heteroatoms. The molecule has 138 valence electrons. The smallest absolute Gasteiger partial charge is 0.110 e. The number of nitrogens with one attached hydrogen (secondary N) is 1. The highest BCUT2D eigenvalue weighted by atomic mass is 16.5. The van der Waals surface area contributed by atoms with E-state index >= 15 is 0 Å². The number of hydroxylamine groups is 1. The topological polar surface area (TPSA) is 53.3 Å². The molecule has 2 rings (SSSR count). The van der Waals surface area contributed by atoms with Gasteiger partial charge in [0.25, 0.3) is 0 Å². The van der Waals surface area contributed by atoms with Gasteiger partial charge in [0.15, 0.2) is 0 Å². The number of benzene rings is 1. The number of imidazole rings is 1. The number of fused-ring (bicyclic) bond motifs is 1. The number of hydrogen-bond donors (Lipinski definition) is 2. The summed E-state index contributed by atoms with van der Waals surface area (Å²) in [7, 11) is 0. The normalized spacial score (nSPS) is 12.1. The molecule has 0 fully saturated rings. The largest absolute Gasteiger partial charge is 0.327 e. The molecule has 0 aliphatic heterocycles. The molecule has 2 N–H and O–H groups in total. The highest BCUT2D eigenvalue weighted by Gasteiger charge is 2.13. The summed E-state index contributed by atoms with van der Waals surface area (Å²) in [4.78, 5) is 7.38. The van der Waals surface area contributed by atoms with Gasteiger partial charge in [0.05, 0.1) is 11.0 Å². The molecule has 5 nitrogen and oxygen atoms in total. The van der Waals surface area contributed by atoms with E-state index in [4.69, 9.17) is 10.2 Å². The van der Waals surface area contributed by atoms with E-state index in [-0.39, 0.29) is 0 Å². The fourth-order valence-corrected chi connectivity index (χ4v) is 3.15. The summed E-state index contributed by atoms with van der Waals surface area (Å²) in [5.74, 6) is 1.77. The number of rotatable bonds is 10. The molecular weight excluding hydrogens is 312 g/mol. The van der Waals surface area contributed by atoms with Gasteiger partial charge in [-0.05, 0) is 43.1 Å². The molecule has 0 aliphatic rings. The summed E-state index contributed by atoms with van der Waals surface area (Å²) in [6.45, 7) is 13.1. The van der Waals surface area contributed by atoms with Crippen LogP contribution in [0.25, 0.3) is 11.0 Å². The minimum absolute atomic E-state index is 0.585. The van der Waals surface area contributed by atoms with E-state index in [1.807, 2.05) is 11.6 Å². The molecule has 1 aromatic heterocycles. The Bertz CT molecular complexity index is 686. The van der Waals surface area contributed by atoms with E-state index in [1.165, 1.54) is 23.1 Å². The second-order valence-electron chi connectivity index (χ2n) is 6.86. The lowest BCUT2D eigenvalue weighted by Gasteiger charge is -2.19. The van der Waals surface area contributed by atoms with Crippen LogP contribution in [0.3, 0.4) is 0 Å². The minimum atomic E-state index is 0.585. The van der Waals surface area contributed by atoms with E-state index in [0.717, 1.165) is 44.5 Å². The van der Waals surface area contributed by atoms with Crippen molar-refractivity contribution in [1.29, 1.82) is 0 Å². The molecule has 0 amide bonds. The molecule has 0 saturated heterocycles. The van der Waals surface area contributed by atoms with Crippen LogP contribution < -0.4 is 5.48 Å². The second-order valence-corrected chi connectivity index (χ2v) is 6.86. The van der Waals surface area contributed by atoms with Gasteiger partial charge in [-0.2, -0.15) is 0 Å². The fraction of sp³-hybridized carbons (Fsp3) is 0.550. The average Bonchev–Trinajstić information content (AvgIpc) is 2.92. The summed E-state index contributed by atoms with van der Waals surface area (Å²) in [6.07, 6.45) is 5.20. The molecular formula is C20H32N4O. The Hall–Kier alpha value is -1.85. The summed E-state index contributed by atoms with van der Waals surface area (Å²) < 4.78 is 2.39. The third kappa shape index (κ3) is 5.31. The molecule has 0 unspecified atom stereocenters. The van der Waals surface area contributed by atoms with Crippen molar-refractivity contribution in [3.63, 3.8) is 0 Å². The van der Waals surface area contributed by atoms with Crippen molar-refractivity contribution in [1.82, 2.24) is 19.9 Å². The van der Waals surface area contributed by atoms with Gasteiger partial charge in [-0.15, -0.1) is 0 Å². The van der Waals surface area contributed by atoms with Gasteiger partial charge in [0, 0.05) is 25.7 Å². The lowest BCUT2D eigenvalue weighted by atomic mass is 10.1. The van der Waals surface area contributed by atoms with Crippen LogP contribution in [0.4, 0.5) is 0 Å². The van der Waals surface area contributed by atoms with Crippen LogP contribution in [0.2, 0.25) is 0 Å². The Morgan fingerprint density at radius 2 is 2.04 bits per heavy atom. The van der Waals surface area contributed by atoms with Crippen molar-refractivity contribution in [2.75, 3.05) is 19.6 Å². The van der Waals surface area contributed by atoms with Crippen molar-refractivity contribution in [2.24, 2.45) is 5.92 Å². The van der Waals surface area contributed by atoms with Gasteiger partial charge in [0.2, 0.25) is 0 Å². The van der Waals surface area contributed by atoms with Gasteiger partial charge >= 0.3 is 0 Å². The molecule has 0 spiro atoms. The van der Waals surface area contributed by atoms with Crippen LogP contribution in [-0.4, -0.2) is 39.3 Å². The van der Waals surface area contributed by atoms with Crippen LogP contribution in [0, 0.1) is 5.92 Å². The number of hydrogen-bond acceptors (Lipinski definition) is 4. The first-order chi connectivity index (χ1) is 12.1. The molecule has 2 aromatic rings. The van der Waals surface area contributed by atoms with Crippen LogP contribution in [0.1, 0.15) is 39.1 Å². The number of likely N-dealkylation sites (N-methyl/N-ethyl adjacent to an activating group) is 1. The first-order valence-electron chi connectivity index (χ1n) is 9.34. The van der Waals surface area contributed by atoms with Crippen molar-refractivity contribution >= 4 is 11.0 Å². The first kappa shape index (κ1) is 19.5. The molecule has 1 heterocycles. The summed E-state index contributed by atoms with van der Waals surface area (Å²) in [6, 6.07) is 6.50. The summed E-state index contributed by atoms with van der Waals surface area (Å²) in [5, 5.41) is 8.63. The SMILES string of the molecule is CCN(CC)CCn1c(CC(C)C)nc2cc(C/C=C/NO)ccc21. The second kappa shape index (κ2) is 9.59. The number of allylic oxidation sites excluding steroid dienone is 1. The van der Waals surface area contributed by atoms with Crippen molar-refractivity contribution in [3.8, 4) is 0 Å². The zero-order chi connectivity index (χ0) is 18.2. The maximum atomic E-state index is 8.63. The standard InChI is InChI=1S/C20H32N4O/c1-5-23(6-2)12-13-24-19-10-9-17(8-7-11-21-25)15-18(19)22-20(24)14-16(3)4/h7,9-11,15-16,21,25H,5-6,8,12-14H2,1-4H3/b11-7+. The quantitative estimate of drug-likeness (QED) is 0.647. The van der Waals surface area contributed by atoms with E-state index in [2.05, 4.69) is 55.4 Å². The lowest BCUT2D eigenvalue weighted by Crippen LogP contribution is -2.27. The molecule has 0 aliphatic carbocycles. The van der Waals surface area contributed by atoms with Crippen molar-refractivity contribution < 1.29 is 5.21 Å². The van der Waals surface area contributed by atoms with Crippen molar-refractivity contribution in [3.05, 3.63) is 41.9 Å². The number of aromatic nitrogens is 2. The zero-order valence-corrected chi connectivity index (χ0v) is 16.0. The summed E-state index contributed by atoms with van der Waals surface area (Å²) in [5.41, 5.74) is 5.53. The molecule has 25 heavy (non-hydrogen) atoms. The third-order valence-electron chi connectivity index (χ3n) is 4.56. The Balaban J connectivity index is 2.30. The maximum absolute atomic E-state index is 8.63. The minimum Gasteiger partial charge on any atom is -0.327 e. The molecule has 1 aromatic carbocycles. The van der Waals surface area contributed by atoms with Gasteiger partial charge < -0.3 is 9.47 Å². The predicted molar refractivity (Wildman–Crippen MR) is 104 cm³/mol. The molecule has 0 radical (unpaired) electrons. The predicted octanol–water partition coefficient (Wildman–Crippen LogP) is 3.61. The average molecular weight is 345 g/mol. The fourth-order valence-electron chi connectivity index (χ4n) is 3.15. The van der Waals surface area contributed by atoms with Crippen LogP contribution in [0.15, 0.2) is 30.5 Å². The monoisotopic (exact) mass is 344 g/mol. The van der Waals surface area contributed by atoms with Gasteiger partial charge in [-0.1, -0.05) is 39.8 Å². The summed E-state index contributed by atoms with van der Waals surface area (Å²) >= 11 is 0. The van der Waals surface area contributed by atoms with Gasteiger partial charge in [-0.3, -0.25) is 10.7 Å². The molecule has 0 atom stereocenters. The molecule has 0 saturated carbocycles. The van der Waals surface area contributed by atoms with E-state index in [9.17, 15) is 0 Å². The zero-order valence-electron chi connectivity index (χ0n) is 16.0. The van der Waals surface area contributed by atoms with Crippen LogP contribution >= 0.6 is 0 Å². The first-order valence-corrected chi connectivity index (χ1v) is 9.34. The van der Waals surface area contributed by atoms with Crippen LogP contribution in [0.5, 0.6) is 0 Å². The third-order valence-corrected chi connectivity index (χ3v) is 4.56.